The largest absolute Gasteiger partial charge is 0.489 e. The number of anilines is 1. The summed E-state index contributed by atoms with van der Waals surface area (Å²) in [5.74, 6) is 0.403. The number of hydrogen-bond donors (Lipinski definition) is 1. The van der Waals surface area contributed by atoms with Crippen LogP contribution in [-0.2, 0) is 16.2 Å². The molecule has 1 atom stereocenters. The molecule has 0 spiro atoms. The van der Waals surface area contributed by atoms with E-state index in [1.54, 1.807) is 4.90 Å². The van der Waals surface area contributed by atoms with Crippen molar-refractivity contribution >= 4 is 33.4 Å². The smallest absolute Gasteiger partial charge is 0.227 e. The first kappa shape index (κ1) is 19.4. The molecule has 1 fully saturated rings. The van der Waals surface area contributed by atoms with Crippen molar-refractivity contribution in [1.82, 2.24) is 5.32 Å². The van der Waals surface area contributed by atoms with Crippen molar-refractivity contribution in [3.8, 4) is 5.75 Å². The maximum Gasteiger partial charge on any atom is 0.227 e. The predicted molar refractivity (Wildman–Crippen MR) is 109 cm³/mol. The van der Waals surface area contributed by atoms with Crippen LogP contribution in [0.5, 0.6) is 5.75 Å². The zero-order valence-corrected chi connectivity index (χ0v) is 16.9. The molecule has 2 aromatic carbocycles. The minimum Gasteiger partial charge on any atom is -0.489 e. The van der Waals surface area contributed by atoms with Crippen LogP contribution >= 0.6 is 15.9 Å². The maximum absolute atomic E-state index is 12.3. The number of rotatable bonds is 7. The van der Waals surface area contributed by atoms with Gasteiger partial charge in [0.2, 0.25) is 11.8 Å². The summed E-state index contributed by atoms with van der Waals surface area (Å²) in [6.07, 6.45) is 1.15. The third-order valence-electron chi connectivity index (χ3n) is 4.51. The Kier molecular flexibility index (Phi) is 6.50. The average Bonchev–Trinajstić information content (AvgIpc) is 3.08. The summed E-state index contributed by atoms with van der Waals surface area (Å²) in [5.41, 5.74) is 1.87. The fraction of sp³-hybridized carbons (Fsp3) is 0.333. The van der Waals surface area contributed by atoms with Crippen molar-refractivity contribution < 1.29 is 14.3 Å². The Labute approximate surface area is 167 Å². The second-order valence-corrected chi connectivity index (χ2v) is 7.52. The third-order valence-corrected chi connectivity index (χ3v) is 5.04. The van der Waals surface area contributed by atoms with E-state index in [2.05, 4.69) is 21.2 Å². The molecule has 2 amide bonds. The first-order valence-electron chi connectivity index (χ1n) is 9.12. The number of carbonyl (C=O) groups is 2. The highest BCUT2D eigenvalue weighted by molar-refractivity contribution is 9.10. The van der Waals surface area contributed by atoms with Gasteiger partial charge in [-0.15, -0.1) is 0 Å². The molecule has 0 aliphatic carbocycles. The van der Waals surface area contributed by atoms with Crippen molar-refractivity contribution in [1.29, 1.82) is 0 Å². The Hall–Kier alpha value is -2.34. The van der Waals surface area contributed by atoms with E-state index in [9.17, 15) is 9.59 Å². The summed E-state index contributed by atoms with van der Waals surface area (Å²) in [6, 6.07) is 15.4. The number of benzene rings is 2. The molecule has 2 aromatic rings. The molecule has 1 N–H and O–H groups in total. The van der Waals surface area contributed by atoms with Crippen LogP contribution in [0.25, 0.3) is 0 Å². The van der Waals surface area contributed by atoms with E-state index in [4.69, 9.17) is 4.74 Å². The first-order chi connectivity index (χ1) is 13.1. The summed E-state index contributed by atoms with van der Waals surface area (Å²) >= 11 is 3.41. The fourth-order valence-corrected chi connectivity index (χ4v) is 3.26. The quantitative estimate of drug-likeness (QED) is 0.724. The number of ether oxygens (including phenoxy) is 1. The topological polar surface area (TPSA) is 58.6 Å². The summed E-state index contributed by atoms with van der Waals surface area (Å²) < 4.78 is 6.83. The molecule has 0 bridgehead atoms. The summed E-state index contributed by atoms with van der Waals surface area (Å²) in [4.78, 5) is 26.1. The standard InChI is InChI=1S/C21H23BrN2O3/c1-2-11-23-21(26)16-12-20(25)24(13-16)18-7-9-19(10-8-18)27-14-15-3-5-17(22)6-4-15/h3-10,16H,2,11-14H2,1H3,(H,23,26). The van der Waals surface area contributed by atoms with Gasteiger partial charge in [-0.2, -0.15) is 0 Å². The lowest BCUT2D eigenvalue weighted by molar-refractivity contribution is -0.126. The van der Waals surface area contributed by atoms with Crippen molar-refractivity contribution in [2.45, 2.75) is 26.4 Å². The number of hydrogen-bond acceptors (Lipinski definition) is 3. The predicted octanol–water partition coefficient (Wildman–Crippen LogP) is 3.91. The van der Waals surface area contributed by atoms with Gasteiger partial charge in [-0.05, 0) is 48.4 Å². The fourth-order valence-electron chi connectivity index (χ4n) is 2.99. The van der Waals surface area contributed by atoms with E-state index in [1.165, 1.54) is 0 Å². The van der Waals surface area contributed by atoms with Gasteiger partial charge in [0, 0.05) is 29.7 Å². The lowest BCUT2D eigenvalue weighted by Crippen LogP contribution is -2.33. The molecule has 1 heterocycles. The van der Waals surface area contributed by atoms with Gasteiger partial charge in [0.25, 0.3) is 0 Å². The summed E-state index contributed by atoms with van der Waals surface area (Å²) in [6.45, 7) is 3.56. The minimum atomic E-state index is -0.280. The van der Waals surface area contributed by atoms with Gasteiger partial charge in [-0.3, -0.25) is 9.59 Å². The van der Waals surface area contributed by atoms with E-state index < -0.39 is 0 Å². The van der Waals surface area contributed by atoms with Crippen LogP contribution in [0.2, 0.25) is 0 Å². The molecule has 1 aliphatic rings. The van der Waals surface area contributed by atoms with Gasteiger partial charge in [0.05, 0.1) is 5.92 Å². The van der Waals surface area contributed by atoms with Crippen molar-refractivity contribution in [2.24, 2.45) is 5.92 Å². The van der Waals surface area contributed by atoms with Gasteiger partial charge < -0.3 is 15.0 Å². The Morgan fingerprint density at radius 3 is 2.56 bits per heavy atom. The van der Waals surface area contributed by atoms with E-state index in [0.717, 1.165) is 27.9 Å². The Morgan fingerprint density at radius 2 is 1.89 bits per heavy atom. The molecule has 1 unspecified atom stereocenters. The molecule has 27 heavy (non-hydrogen) atoms. The third kappa shape index (κ3) is 5.10. The molecule has 0 aromatic heterocycles. The molecule has 3 rings (SSSR count). The zero-order chi connectivity index (χ0) is 19.2. The van der Waals surface area contributed by atoms with Gasteiger partial charge in [0.1, 0.15) is 12.4 Å². The molecule has 1 saturated heterocycles. The molecule has 142 valence electrons. The van der Waals surface area contributed by atoms with Crippen LogP contribution in [0.15, 0.2) is 53.0 Å². The highest BCUT2D eigenvalue weighted by atomic mass is 79.9. The zero-order valence-electron chi connectivity index (χ0n) is 15.3. The SMILES string of the molecule is CCCNC(=O)C1CC(=O)N(c2ccc(OCc3ccc(Br)cc3)cc2)C1. The summed E-state index contributed by atoms with van der Waals surface area (Å²) in [7, 11) is 0. The lowest BCUT2D eigenvalue weighted by atomic mass is 10.1. The maximum atomic E-state index is 12.3. The van der Waals surface area contributed by atoms with Gasteiger partial charge >= 0.3 is 0 Å². The van der Waals surface area contributed by atoms with Crippen LogP contribution in [0, 0.1) is 5.92 Å². The van der Waals surface area contributed by atoms with Crippen LogP contribution in [-0.4, -0.2) is 24.9 Å². The highest BCUT2D eigenvalue weighted by Crippen LogP contribution is 2.27. The summed E-state index contributed by atoms with van der Waals surface area (Å²) in [5, 5.41) is 2.87. The molecular formula is C21H23BrN2O3. The Balaban J connectivity index is 1.57. The van der Waals surface area contributed by atoms with E-state index in [0.29, 0.717) is 19.7 Å². The molecule has 6 heteroatoms. The van der Waals surface area contributed by atoms with Crippen LogP contribution in [0.1, 0.15) is 25.3 Å². The Bertz CT molecular complexity index is 790. The van der Waals surface area contributed by atoms with E-state index in [-0.39, 0.29) is 24.2 Å². The number of nitrogens with one attached hydrogen (secondary N) is 1. The van der Waals surface area contributed by atoms with Crippen molar-refractivity contribution in [3.63, 3.8) is 0 Å². The van der Waals surface area contributed by atoms with Crippen LogP contribution in [0.4, 0.5) is 5.69 Å². The number of amides is 2. The first-order valence-corrected chi connectivity index (χ1v) is 9.91. The van der Waals surface area contributed by atoms with Gasteiger partial charge in [0.15, 0.2) is 0 Å². The molecule has 0 saturated carbocycles. The molecule has 1 aliphatic heterocycles. The lowest BCUT2D eigenvalue weighted by Gasteiger charge is -2.17. The van der Waals surface area contributed by atoms with Crippen LogP contribution in [0.3, 0.4) is 0 Å². The van der Waals surface area contributed by atoms with E-state index in [1.807, 2.05) is 55.5 Å². The average molecular weight is 431 g/mol. The van der Waals surface area contributed by atoms with Crippen LogP contribution < -0.4 is 15.0 Å². The highest BCUT2D eigenvalue weighted by Gasteiger charge is 2.34. The van der Waals surface area contributed by atoms with Crippen molar-refractivity contribution in [2.75, 3.05) is 18.0 Å². The molecular weight excluding hydrogens is 408 g/mol. The monoisotopic (exact) mass is 430 g/mol. The number of nitrogens with zero attached hydrogens (tertiary/aromatic N) is 1. The normalized spacial score (nSPS) is 16.4. The second kappa shape index (κ2) is 9.04. The van der Waals surface area contributed by atoms with Crippen molar-refractivity contribution in [3.05, 3.63) is 58.6 Å². The minimum absolute atomic E-state index is 0.0184. The molecule has 0 radical (unpaired) electrons. The Morgan fingerprint density at radius 1 is 1.19 bits per heavy atom. The van der Waals surface area contributed by atoms with Gasteiger partial charge in [-0.25, -0.2) is 0 Å². The van der Waals surface area contributed by atoms with Gasteiger partial charge in [-0.1, -0.05) is 35.0 Å². The second-order valence-electron chi connectivity index (χ2n) is 6.61. The number of halogens is 1. The van der Waals surface area contributed by atoms with E-state index >= 15 is 0 Å². The molecule has 5 nitrogen and oxygen atoms in total. The number of carbonyl (C=O) groups excluding carboxylic acids is 2.